The molecule has 6 heteroatoms. The highest BCUT2D eigenvalue weighted by atomic mass is 79.9. The van der Waals surface area contributed by atoms with E-state index in [1.165, 1.54) is 0 Å². The number of hydrogen-bond donors (Lipinski definition) is 2. The van der Waals surface area contributed by atoms with Crippen molar-refractivity contribution in [3.63, 3.8) is 0 Å². The van der Waals surface area contributed by atoms with Crippen LogP contribution >= 0.6 is 51.3 Å². The van der Waals surface area contributed by atoms with Crippen molar-refractivity contribution in [3.8, 4) is 0 Å². The molecule has 0 saturated carbocycles. The van der Waals surface area contributed by atoms with Crippen LogP contribution in [0.25, 0.3) is 0 Å². The van der Waals surface area contributed by atoms with E-state index in [0.29, 0.717) is 15.0 Å². The summed E-state index contributed by atoms with van der Waals surface area (Å²) in [7, 11) is 0. The lowest BCUT2D eigenvalue weighted by Gasteiger charge is -2.13. The highest BCUT2D eigenvalue weighted by Crippen LogP contribution is 2.31. The molecule has 0 aromatic heterocycles. The molecule has 98 valence electrons. The van der Waals surface area contributed by atoms with Crippen molar-refractivity contribution in [2.45, 2.75) is 0 Å². The Balaban J connectivity index is 2.45. The summed E-state index contributed by atoms with van der Waals surface area (Å²) in [6.45, 7) is 0. The van der Waals surface area contributed by atoms with Gasteiger partial charge in [0.1, 0.15) is 4.99 Å². The number of anilines is 2. The van der Waals surface area contributed by atoms with Gasteiger partial charge < -0.3 is 11.1 Å². The summed E-state index contributed by atoms with van der Waals surface area (Å²) in [6, 6.07) is 10.8. The predicted molar refractivity (Wildman–Crippen MR) is 89.8 cm³/mol. The minimum absolute atomic E-state index is 0.297. The zero-order valence-corrected chi connectivity index (χ0v) is 13.5. The lowest BCUT2D eigenvalue weighted by molar-refractivity contribution is 1.51. The molecule has 19 heavy (non-hydrogen) atoms. The molecule has 0 heterocycles. The number of rotatable bonds is 3. The minimum atomic E-state index is 0.297. The molecule has 0 spiro atoms. The lowest BCUT2D eigenvalue weighted by Crippen LogP contribution is -2.11. The minimum Gasteiger partial charge on any atom is -0.389 e. The van der Waals surface area contributed by atoms with Crippen molar-refractivity contribution in [2.75, 3.05) is 5.32 Å². The molecule has 0 radical (unpaired) electrons. The van der Waals surface area contributed by atoms with E-state index in [1.54, 1.807) is 24.3 Å². The van der Waals surface area contributed by atoms with Gasteiger partial charge in [-0.2, -0.15) is 0 Å². The molecule has 0 aliphatic heterocycles. The topological polar surface area (TPSA) is 38.0 Å². The summed E-state index contributed by atoms with van der Waals surface area (Å²) < 4.78 is 0.915. The molecule has 0 saturated heterocycles. The molecule has 0 bridgehead atoms. The van der Waals surface area contributed by atoms with Crippen molar-refractivity contribution in [3.05, 3.63) is 56.5 Å². The van der Waals surface area contributed by atoms with Crippen molar-refractivity contribution in [1.29, 1.82) is 0 Å². The second-order valence-corrected chi connectivity index (χ2v) is 6.00. The number of hydrogen-bond acceptors (Lipinski definition) is 2. The molecule has 2 aromatic rings. The monoisotopic (exact) mass is 374 g/mol. The van der Waals surface area contributed by atoms with Gasteiger partial charge in [0.15, 0.2) is 0 Å². The van der Waals surface area contributed by atoms with Crippen LogP contribution in [-0.2, 0) is 0 Å². The maximum atomic E-state index is 6.14. The second kappa shape index (κ2) is 6.09. The average Bonchev–Trinajstić information content (AvgIpc) is 2.33. The third kappa shape index (κ3) is 3.60. The van der Waals surface area contributed by atoms with E-state index < -0.39 is 0 Å². The number of benzene rings is 2. The Bertz CT molecular complexity index is 647. The van der Waals surface area contributed by atoms with Gasteiger partial charge in [0.2, 0.25) is 0 Å². The average molecular weight is 376 g/mol. The first-order valence-corrected chi connectivity index (χ1v) is 7.24. The van der Waals surface area contributed by atoms with Gasteiger partial charge in [-0.25, -0.2) is 0 Å². The number of nitrogens with two attached hydrogens (primary N) is 1. The van der Waals surface area contributed by atoms with Crippen LogP contribution < -0.4 is 11.1 Å². The van der Waals surface area contributed by atoms with Crippen LogP contribution in [0.1, 0.15) is 5.56 Å². The molecule has 2 nitrogen and oxygen atoms in total. The van der Waals surface area contributed by atoms with Crippen LogP contribution in [0.3, 0.4) is 0 Å². The fourth-order valence-corrected chi connectivity index (χ4v) is 2.45. The Morgan fingerprint density at radius 2 is 1.84 bits per heavy atom. The van der Waals surface area contributed by atoms with Crippen LogP contribution in [0.2, 0.25) is 10.0 Å². The molecular formula is C13H9BrCl2N2S. The van der Waals surface area contributed by atoms with Crippen molar-refractivity contribution in [2.24, 2.45) is 5.73 Å². The van der Waals surface area contributed by atoms with E-state index >= 15 is 0 Å². The van der Waals surface area contributed by atoms with Gasteiger partial charge in [-0.3, -0.25) is 0 Å². The van der Waals surface area contributed by atoms with Gasteiger partial charge in [0, 0.05) is 15.1 Å². The highest BCUT2D eigenvalue weighted by Gasteiger charge is 2.08. The quantitative estimate of drug-likeness (QED) is 0.730. The molecular weight excluding hydrogens is 367 g/mol. The van der Waals surface area contributed by atoms with E-state index in [-0.39, 0.29) is 0 Å². The normalized spacial score (nSPS) is 10.3. The van der Waals surface area contributed by atoms with E-state index in [9.17, 15) is 0 Å². The van der Waals surface area contributed by atoms with E-state index in [1.807, 2.05) is 12.1 Å². The standard InChI is InChI=1S/C13H9BrCl2N2S/c14-7-1-4-10(16)12(5-7)18-11-6-8(15)2-3-9(11)13(17)19/h1-6,18H,(H2,17,19). The molecule has 3 N–H and O–H groups in total. The Hall–Kier alpha value is -0.810. The third-order valence-corrected chi connectivity index (χ3v) is 3.72. The maximum Gasteiger partial charge on any atom is 0.106 e. The second-order valence-electron chi connectivity index (χ2n) is 3.80. The summed E-state index contributed by atoms with van der Waals surface area (Å²) in [4.78, 5) is 0.297. The van der Waals surface area contributed by atoms with Gasteiger partial charge in [0.05, 0.1) is 16.4 Å². The van der Waals surface area contributed by atoms with E-state index in [4.69, 9.17) is 41.2 Å². The van der Waals surface area contributed by atoms with Crippen LogP contribution in [0.4, 0.5) is 11.4 Å². The predicted octanol–water partition coefficient (Wildman–Crippen LogP) is 5.13. The first kappa shape index (κ1) is 14.6. The first-order valence-electron chi connectivity index (χ1n) is 5.29. The summed E-state index contributed by atoms with van der Waals surface area (Å²) >= 11 is 20.5. The Morgan fingerprint density at radius 3 is 2.53 bits per heavy atom. The highest BCUT2D eigenvalue weighted by molar-refractivity contribution is 9.10. The third-order valence-electron chi connectivity index (χ3n) is 2.44. The van der Waals surface area contributed by atoms with Gasteiger partial charge in [-0.15, -0.1) is 0 Å². The summed E-state index contributed by atoms with van der Waals surface area (Å²) in [5.41, 5.74) is 7.88. The first-order chi connectivity index (χ1) is 8.97. The van der Waals surface area contributed by atoms with E-state index in [0.717, 1.165) is 21.4 Å². The number of thiocarbonyl (C=S) groups is 1. The smallest absolute Gasteiger partial charge is 0.106 e. The molecule has 0 fully saturated rings. The molecule has 0 aliphatic rings. The molecule has 0 amide bonds. The van der Waals surface area contributed by atoms with Crippen LogP contribution in [0.5, 0.6) is 0 Å². The fraction of sp³-hybridized carbons (Fsp3) is 0. The van der Waals surface area contributed by atoms with Crippen molar-refractivity contribution in [1.82, 2.24) is 0 Å². The number of nitrogens with one attached hydrogen (secondary N) is 1. The summed E-state index contributed by atoms with van der Waals surface area (Å²) in [5, 5.41) is 4.38. The van der Waals surface area contributed by atoms with Gasteiger partial charge >= 0.3 is 0 Å². The molecule has 0 unspecified atom stereocenters. The largest absolute Gasteiger partial charge is 0.389 e. The molecule has 0 aliphatic carbocycles. The number of halogens is 3. The fourth-order valence-electron chi connectivity index (χ4n) is 1.57. The molecule has 2 rings (SSSR count). The Morgan fingerprint density at radius 1 is 1.11 bits per heavy atom. The zero-order valence-electron chi connectivity index (χ0n) is 9.58. The summed E-state index contributed by atoms with van der Waals surface area (Å²) in [6.07, 6.45) is 0. The van der Waals surface area contributed by atoms with Gasteiger partial charge in [-0.05, 0) is 36.4 Å². The summed E-state index contributed by atoms with van der Waals surface area (Å²) in [5.74, 6) is 0. The molecule has 2 aromatic carbocycles. The Kier molecular flexibility index (Phi) is 4.68. The van der Waals surface area contributed by atoms with Crippen molar-refractivity contribution >= 4 is 67.7 Å². The van der Waals surface area contributed by atoms with Gasteiger partial charge in [0.25, 0.3) is 0 Å². The van der Waals surface area contributed by atoms with Crippen LogP contribution in [-0.4, -0.2) is 4.99 Å². The maximum absolute atomic E-state index is 6.14. The van der Waals surface area contributed by atoms with Gasteiger partial charge in [-0.1, -0.05) is 51.3 Å². The van der Waals surface area contributed by atoms with Crippen LogP contribution in [0, 0.1) is 0 Å². The lowest BCUT2D eigenvalue weighted by atomic mass is 10.1. The Labute approximate surface area is 135 Å². The van der Waals surface area contributed by atoms with Crippen LogP contribution in [0.15, 0.2) is 40.9 Å². The zero-order chi connectivity index (χ0) is 14.0. The molecule has 0 atom stereocenters. The SMILES string of the molecule is NC(=S)c1ccc(Cl)cc1Nc1cc(Br)ccc1Cl. The van der Waals surface area contributed by atoms with Crippen molar-refractivity contribution < 1.29 is 0 Å². The van der Waals surface area contributed by atoms with E-state index in [2.05, 4.69) is 21.2 Å².